The molecule has 1 aromatic heterocycles. The van der Waals surface area contributed by atoms with E-state index in [0.717, 1.165) is 16.3 Å². The Kier molecular flexibility index (Phi) is 4.98. The van der Waals surface area contributed by atoms with Crippen LogP contribution in [0.1, 0.15) is 16.3 Å². The zero-order valence-electron chi connectivity index (χ0n) is 11.9. The van der Waals surface area contributed by atoms with Crippen LogP contribution in [-0.4, -0.2) is 30.4 Å². The van der Waals surface area contributed by atoms with E-state index in [9.17, 15) is 5.11 Å². The number of aromatic nitrogens is 1. The fourth-order valence-electron chi connectivity index (χ4n) is 2.05. The van der Waals surface area contributed by atoms with Gasteiger partial charge in [-0.3, -0.25) is 0 Å². The minimum Gasteiger partial charge on any atom is -0.493 e. The molecule has 0 aliphatic heterocycles. The highest BCUT2D eigenvalue weighted by Gasteiger charge is 2.11. The summed E-state index contributed by atoms with van der Waals surface area (Å²) < 4.78 is 10.5. The molecule has 1 aromatic carbocycles. The lowest BCUT2D eigenvalue weighted by atomic mass is 10.1. The quantitative estimate of drug-likeness (QED) is 0.889. The van der Waals surface area contributed by atoms with Gasteiger partial charge in [0, 0.05) is 17.5 Å². The predicted molar refractivity (Wildman–Crippen MR) is 79.8 cm³/mol. The summed E-state index contributed by atoms with van der Waals surface area (Å²) in [6, 6.07) is 5.70. The van der Waals surface area contributed by atoms with Crippen molar-refractivity contribution in [3.05, 3.63) is 39.8 Å². The summed E-state index contributed by atoms with van der Waals surface area (Å²) in [5, 5.41) is 13.1. The molecule has 0 spiro atoms. The highest BCUT2D eigenvalue weighted by Crippen LogP contribution is 2.28. The van der Waals surface area contributed by atoms with Crippen molar-refractivity contribution < 1.29 is 14.6 Å². The van der Waals surface area contributed by atoms with Gasteiger partial charge in [0.25, 0.3) is 0 Å². The van der Waals surface area contributed by atoms with Gasteiger partial charge < -0.3 is 14.6 Å². The van der Waals surface area contributed by atoms with Crippen LogP contribution < -0.4 is 9.47 Å². The lowest BCUT2D eigenvalue weighted by molar-refractivity contribution is 0.175. The lowest BCUT2D eigenvalue weighted by Gasteiger charge is -2.12. The first-order chi connectivity index (χ1) is 9.62. The van der Waals surface area contributed by atoms with Crippen molar-refractivity contribution in [3.63, 3.8) is 0 Å². The molecule has 0 aliphatic rings. The van der Waals surface area contributed by atoms with Crippen LogP contribution in [0.5, 0.6) is 11.5 Å². The molecule has 0 saturated carbocycles. The predicted octanol–water partition coefficient (Wildman–Crippen LogP) is 2.61. The van der Waals surface area contributed by atoms with Gasteiger partial charge in [-0.15, -0.1) is 11.3 Å². The molecule has 0 aliphatic carbocycles. The van der Waals surface area contributed by atoms with E-state index in [1.54, 1.807) is 25.6 Å². The minimum atomic E-state index is -0.446. The number of rotatable bonds is 6. The summed E-state index contributed by atoms with van der Waals surface area (Å²) in [7, 11) is 3.22. The second kappa shape index (κ2) is 6.72. The first-order valence-corrected chi connectivity index (χ1v) is 7.30. The van der Waals surface area contributed by atoms with E-state index in [1.165, 1.54) is 0 Å². The molecule has 0 saturated heterocycles. The molecule has 5 heteroatoms. The number of ether oxygens (including phenoxy) is 2. The van der Waals surface area contributed by atoms with Crippen LogP contribution in [0.3, 0.4) is 0 Å². The maximum absolute atomic E-state index is 10.1. The molecule has 108 valence electrons. The van der Waals surface area contributed by atoms with Gasteiger partial charge in [0.05, 0.1) is 25.3 Å². The molecule has 0 radical (unpaired) electrons. The monoisotopic (exact) mass is 293 g/mol. The molecule has 0 amide bonds. The van der Waals surface area contributed by atoms with E-state index in [4.69, 9.17) is 9.47 Å². The van der Waals surface area contributed by atoms with E-state index in [1.807, 2.05) is 30.5 Å². The molecule has 0 fully saturated rings. The minimum absolute atomic E-state index is 0.446. The van der Waals surface area contributed by atoms with E-state index in [2.05, 4.69) is 4.98 Å². The first-order valence-electron chi connectivity index (χ1n) is 6.42. The number of benzene rings is 1. The number of aryl methyl sites for hydroxylation is 1. The zero-order chi connectivity index (χ0) is 14.5. The van der Waals surface area contributed by atoms with Gasteiger partial charge >= 0.3 is 0 Å². The number of aliphatic hydroxyl groups excluding tert-OH is 1. The van der Waals surface area contributed by atoms with Crippen molar-refractivity contribution in [2.24, 2.45) is 0 Å². The Morgan fingerprint density at radius 3 is 2.55 bits per heavy atom. The Labute approximate surface area is 123 Å². The van der Waals surface area contributed by atoms with Gasteiger partial charge in [-0.1, -0.05) is 6.07 Å². The molecule has 2 rings (SSSR count). The number of hydrogen-bond acceptors (Lipinski definition) is 5. The highest BCUT2D eigenvalue weighted by atomic mass is 32.1. The Bertz CT molecular complexity index is 568. The first kappa shape index (κ1) is 14.8. The van der Waals surface area contributed by atoms with Gasteiger partial charge in [0.15, 0.2) is 11.5 Å². The molecule has 1 unspecified atom stereocenters. The van der Waals surface area contributed by atoms with E-state index < -0.39 is 6.10 Å². The van der Waals surface area contributed by atoms with Crippen LogP contribution in [-0.2, 0) is 12.8 Å². The molecule has 1 atom stereocenters. The lowest BCUT2D eigenvalue weighted by Crippen LogP contribution is -2.14. The average Bonchev–Trinajstić information content (AvgIpc) is 2.83. The van der Waals surface area contributed by atoms with Crippen molar-refractivity contribution in [3.8, 4) is 11.5 Å². The zero-order valence-corrected chi connectivity index (χ0v) is 12.7. The van der Waals surface area contributed by atoms with Gasteiger partial charge in [0.2, 0.25) is 0 Å². The Hall–Kier alpha value is -1.59. The van der Waals surface area contributed by atoms with Crippen molar-refractivity contribution >= 4 is 11.3 Å². The third-order valence-electron chi connectivity index (χ3n) is 3.00. The van der Waals surface area contributed by atoms with Crippen LogP contribution in [0.25, 0.3) is 0 Å². The summed E-state index contributed by atoms with van der Waals surface area (Å²) in [6.45, 7) is 1.96. The molecule has 1 N–H and O–H groups in total. The fourth-order valence-corrected chi connectivity index (χ4v) is 2.89. The molecule has 2 aromatic rings. The van der Waals surface area contributed by atoms with Crippen molar-refractivity contribution in [1.82, 2.24) is 4.98 Å². The van der Waals surface area contributed by atoms with Gasteiger partial charge in [-0.2, -0.15) is 0 Å². The van der Waals surface area contributed by atoms with Crippen LogP contribution in [0.4, 0.5) is 0 Å². The van der Waals surface area contributed by atoms with Gasteiger partial charge in [0.1, 0.15) is 0 Å². The Balaban J connectivity index is 2.02. The van der Waals surface area contributed by atoms with Crippen LogP contribution in [0.2, 0.25) is 0 Å². The van der Waals surface area contributed by atoms with E-state index in [-0.39, 0.29) is 0 Å². The maximum Gasteiger partial charge on any atom is 0.160 e. The third-order valence-corrected chi connectivity index (χ3v) is 3.99. The van der Waals surface area contributed by atoms with E-state index >= 15 is 0 Å². The summed E-state index contributed by atoms with van der Waals surface area (Å²) in [6.07, 6.45) is 0.699. The molecular formula is C15H19NO3S. The van der Waals surface area contributed by atoms with E-state index in [0.29, 0.717) is 24.3 Å². The molecule has 20 heavy (non-hydrogen) atoms. The summed E-state index contributed by atoms with van der Waals surface area (Å²) in [5.41, 5.74) is 2.02. The highest BCUT2D eigenvalue weighted by molar-refractivity contribution is 7.09. The maximum atomic E-state index is 10.1. The van der Waals surface area contributed by atoms with Gasteiger partial charge in [-0.25, -0.2) is 4.98 Å². The van der Waals surface area contributed by atoms with Crippen molar-refractivity contribution in [2.75, 3.05) is 14.2 Å². The number of hydrogen-bond donors (Lipinski definition) is 1. The Morgan fingerprint density at radius 1 is 1.20 bits per heavy atom. The average molecular weight is 293 g/mol. The van der Waals surface area contributed by atoms with Crippen LogP contribution in [0.15, 0.2) is 23.6 Å². The standard InChI is InChI=1S/C15H19NO3S/c1-10-9-20-15(16-10)8-12(17)6-11-4-5-13(18-2)14(7-11)19-3/h4-5,7,9,12,17H,6,8H2,1-3H3. The van der Waals surface area contributed by atoms with Gasteiger partial charge in [-0.05, 0) is 31.0 Å². The SMILES string of the molecule is COc1ccc(CC(O)Cc2nc(C)cs2)cc1OC. The second-order valence-electron chi connectivity index (χ2n) is 4.63. The summed E-state index contributed by atoms with van der Waals surface area (Å²) in [4.78, 5) is 4.37. The number of aliphatic hydroxyl groups is 1. The second-order valence-corrected chi connectivity index (χ2v) is 5.58. The molecule has 1 heterocycles. The molecular weight excluding hydrogens is 274 g/mol. The summed E-state index contributed by atoms with van der Waals surface area (Å²) >= 11 is 1.59. The largest absolute Gasteiger partial charge is 0.493 e. The van der Waals surface area contributed by atoms with Crippen LogP contribution >= 0.6 is 11.3 Å². The summed E-state index contributed by atoms with van der Waals surface area (Å²) in [5.74, 6) is 1.38. The number of methoxy groups -OCH3 is 2. The van der Waals surface area contributed by atoms with Crippen LogP contribution in [0, 0.1) is 6.92 Å². The van der Waals surface area contributed by atoms with Crippen molar-refractivity contribution in [1.29, 1.82) is 0 Å². The smallest absolute Gasteiger partial charge is 0.160 e. The number of thiazole rings is 1. The third kappa shape index (κ3) is 3.71. The molecule has 0 bridgehead atoms. The fraction of sp³-hybridized carbons (Fsp3) is 0.400. The van der Waals surface area contributed by atoms with Crippen molar-refractivity contribution in [2.45, 2.75) is 25.9 Å². The Morgan fingerprint density at radius 2 is 1.95 bits per heavy atom. The molecule has 4 nitrogen and oxygen atoms in total. The normalized spacial score (nSPS) is 12.2. The number of nitrogens with zero attached hydrogens (tertiary/aromatic N) is 1. The topological polar surface area (TPSA) is 51.6 Å².